The third-order valence-electron chi connectivity index (χ3n) is 6.07. The molecule has 0 aromatic heterocycles. The van der Waals surface area contributed by atoms with Crippen molar-refractivity contribution in [2.24, 2.45) is 5.92 Å². The predicted octanol–water partition coefficient (Wildman–Crippen LogP) is 1.64. The zero-order valence-corrected chi connectivity index (χ0v) is 14.8. The lowest BCUT2D eigenvalue weighted by molar-refractivity contribution is -0.139. The van der Waals surface area contributed by atoms with Gasteiger partial charge in [0, 0.05) is 24.4 Å². The minimum Gasteiger partial charge on any atom is -0.378 e. The highest BCUT2D eigenvalue weighted by Gasteiger charge is 2.60. The number of amides is 2. The second kappa shape index (κ2) is 6.45. The molecule has 2 fully saturated rings. The van der Waals surface area contributed by atoms with Gasteiger partial charge >= 0.3 is 0 Å². The summed E-state index contributed by atoms with van der Waals surface area (Å²) in [4.78, 5) is 27.1. The second-order valence-corrected chi connectivity index (χ2v) is 7.59. The van der Waals surface area contributed by atoms with E-state index in [0.29, 0.717) is 26.3 Å². The third kappa shape index (κ3) is 2.95. The Balaban J connectivity index is 1.41. The van der Waals surface area contributed by atoms with E-state index in [9.17, 15) is 9.59 Å². The quantitative estimate of drug-likeness (QED) is 0.909. The van der Waals surface area contributed by atoms with Crippen molar-refractivity contribution >= 4 is 11.8 Å². The summed E-state index contributed by atoms with van der Waals surface area (Å²) in [7, 11) is 0. The van der Waals surface area contributed by atoms with Crippen molar-refractivity contribution in [3.63, 3.8) is 0 Å². The molecule has 1 aromatic rings. The molecule has 1 saturated heterocycles. The maximum atomic E-state index is 12.8. The summed E-state index contributed by atoms with van der Waals surface area (Å²) < 4.78 is 5.29. The third-order valence-corrected chi connectivity index (χ3v) is 6.07. The van der Waals surface area contributed by atoms with Crippen LogP contribution in [0.15, 0.2) is 24.3 Å². The molecular weight excluding hydrogens is 316 g/mol. The van der Waals surface area contributed by atoms with E-state index in [1.807, 2.05) is 0 Å². The van der Waals surface area contributed by atoms with Crippen molar-refractivity contribution in [1.82, 2.24) is 10.2 Å². The molecule has 0 unspecified atom stereocenters. The fourth-order valence-corrected chi connectivity index (χ4v) is 4.61. The van der Waals surface area contributed by atoms with Crippen molar-refractivity contribution < 1.29 is 14.3 Å². The Kier molecular flexibility index (Phi) is 4.28. The van der Waals surface area contributed by atoms with Crippen LogP contribution in [0.3, 0.4) is 0 Å². The van der Waals surface area contributed by atoms with E-state index in [0.717, 1.165) is 25.7 Å². The van der Waals surface area contributed by atoms with Gasteiger partial charge in [-0.05, 0) is 43.7 Å². The van der Waals surface area contributed by atoms with Gasteiger partial charge < -0.3 is 15.0 Å². The summed E-state index contributed by atoms with van der Waals surface area (Å²) in [5, 5.41) is 2.97. The largest absolute Gasteiger partial charge is 0.378 e. The van der Waals surface area contributed by atoms with Crippen LogP contribution in [0.5, 0.6) is 0 Å². The fourth-order valence-electron chi connectivity index (χ4n) is 4.61. The zero-order valence-electron chi connectivity index (χ0n) is 14.8. The molecule has 3 atom stereocenters. The van der Waals surface area contributed by atoms with Crippen LogP contribution < -0.4 is 5.32 Å². The van der Waals surface area contributed by atoms with Gasteiger partial charge in [-0.1, -0.05) is 24.3 Å². The standard InChI is InChI=1S/C20H26N2O3/c1-14(19(24)22-9-11-25-12-10-22)21-18(23)17-13-20(17)8-4-6-15-5-2-3-7-16(15)20/h2-3,5,7,14,17H,4,6,8-13H2,1H3,(H,21,23)/t14-,17-,20+/m0/s1. The van der Waals surface area contributed by atoms with E-state index in [1.165, 1.54) is 11.1 Å². The smallest absolute Gasteiger partial charge is 0.245 e. The van der Waals surface area contributed by atoms with Gasteiger partial charge in [-0.3, -0.25) is 9.59 Å². The van der Waals surface area contributed by atoms with Gasteiger partial charge in [0.15, 0.2) is 0 Å². The van der Waals surface area contributed by atoms with Crippen LogP contribution in [0.25, 0.3) is 0 Å². The summed E-state index contributed by atoms with van der Waals surface area (Å²) >= 11 is 0. The average Bonchev–Trinajstić information content (AvgIpc) is 3.37. The molecule has 2 amide bonds. The van der Waals surface area contributed by atoms with Gasteiger partial charge in [0.2, 0.25) is 11.8 Å². The minimum atomic E-state index is -0.470. The Morgan fingerprint density at radius 2 is 2.04 bits per heavy atom. The Labute approximate surface area is 148 Å². The normalized spacial score (nSPS) is 29.0. The first-order chi connectivity index (χ1) is 12.1. The monoisotopic (exact) mass is 342 g/mol. The summed E-state index contributed by atoms with van der Waals surface area (Å²) in [5.74, 6) is 0.0371. The van der Waals surface area contributed by atoms with Crippen molar-refractivity contribution in [1.29, 1.82) is 0 Å². The van der Waals surface area contributed by atoms with E-state index in [-0.39, 0.29) is 23.1 Å². The van der Waals surface area contributed by atoms with E-state index in [2.05, 4.69) is 29.6 Å². The van der Waals surface area contributed by atoms with Gasteiger partial charge in [-0.15, -0.1) is 0 Å². The number of benzene rings is 1. The SMILES string of the molecule is C[C@H](NC(=O)[C@@H]1C[C@@]12CCCc1ccccc12)C(=O)N1CCOCC1. The first-order valence-electron chi connectivity index (χ1n) is 9.37. The maximum Gasteiger partial charge on any atom is 0.245 e. The number of carbonyl (C=O) groups excluding carboxylic acids is 2. The molecule has 25 heavy (non-hydrogen) atoms. The molecule has 4 rings (SSSR count). The average molecular weight is 342 g/mol. The lowest BCUT2D eigenvalue weighted by Crippen LogP contribution is -2.51. The highest BCUT2D eigenvalue weighted by molar-refractivity contribution is 5.90. The van der Waals surface area contributed by atoms with Gasteiger partial charge in [0.05, 0.1) is 13.2 Å². The molecular formula is C20H26N2O3. The molecule has 5 nitrogen and oxygen atoms in total. The molecule has 2 aliphatic carbocycles. The molecule has 1 N–H and O–H groups in total. The Morgan fingerprint density at radius 1 is 1.28 bits per heavy atom. The van der Waals surface area contributed by atoms with Crippen molar-refractivity contribution in [3.05, 3.63) is 35.4 Å². The van der Waals surface area contributed by atoms with Crippen LogP contribution in [0.1, 0.15) is 37.3 Å². The Morgan fingerprint density at radius 3 is 2.84 bits per heavy atom. The molecule has 1 saturated carbocycles. The van der Waals surface area contributed by atoms with Gasteiger partial charge in [0.1, 0.15) is 6.04 Å². The predicted molar refractivity (Wildman–Crippen MR) is 94.2 cm³/mol. The van der Waals surface area contributed by atoms with E-state index in [1.54, 1.807) is 11.8 Å². The number of rotatable bonds is 3. The number of hydrogen-bond acceptors (Lipinski definition) is 3. The number of hydrogen-bond donors (Lipinski definition) is 1. The van der Waals surface area contributed by atoms with E-state index >= 15 is 0 Å². The summed E-state index contributed by atoms with van der Waals surface area (Å²) in [6.07, 6.45) is 4.24. The van der Waals surface area contributed by atoms with Crippen molar-refractivity contribution in [2.45, 2.75) is 44.1 Å². The zero-order chi connectivity index (χ0) is 17.4. The topological polar surface area (TPSA) is 58.6 Å². The lowest BCUT2D eigenvalue weighted by Gasteiger charge is -2.30. The fraction of sp³-hybridized carbons (Fsp3) is 0.600. The molecule has 1 aliphatic heterocycles. The van der Waals surface area contributed by atoms with Crippen LogP contribution in [-0.4, -0.2) is 49.1 Å². The van der Waals surface area contributed by atoms with Crippen LogP contribution in [0.4, 0.5) is 0 Å². The van der Waals surface area contributed by atoms with Crippen LogP contribution in [0.2, 0.25) is 0 Å². The Bertz CT molecular complexity index is 683. The molecule has 1 spiro atoms. The summed E-state index contributed by atoms with van der Waals surface area (Å²) in [6, 6.07) is 8.06. The van der Waals surface area contributed by atoms with Crippen molar-refractivity contribution in [3.8, 4) is 0 Å². The second-order valence-electron chi connectivity index (χ2n) is 7.59. The van der Waals surface area contributed by atoms with Crippen LogP contribution in [-0.2, 0) is 26.2 Å². The molecule has 0 radical (unpaired) electrons. The van der Waals surface area contributed by atoms with Gasteiger partial charge in [-0.2, -0.15) is 0 Å². The number of nitrogens with one attached hydrogen (secondary N) is 1. The molecule has 1 aromatic carbocycles. The number of morpholine rings is 1. The van der Waals surface area contributed by atoms with Gasteiger partial charge in [0.25, 0.3) is 0 Å². The number of fused-ring (bicyclic) bond motifs is 2. The molecule has 5 heteroatoms. The van der Waals surface area contributed by atoms with Crippen LogP contribution >= 0.6 is 0 Å². The highest BCUT2D eigenvalue weighted by Crippen LogP contribution is 2.60. The summed E-state index contributed by atoms with van der Waals surface area (Å²) in [6.45, 7) is 4.17. The number of nitrogens with zero attached hydrogens (tertiary/aromatic N) is 1. The van der Waals surface area contributed by atoms with Crippen LogP contribution in [0, 0.1) is 5.92 Å². The first-order valence-corrected chi connectivity index (χ1v) is 9.37. The number of aryl methyl sites for hydroxylation is 1. The lowest BCUT2D eigenvalue weighted by atomic mass is 9.78. The van der Waals surface area contributed by atoms with E-state index in [4.69, 9.17) is 4.74 Å². The number of ether oxygens (including phenoxy) is 1. The molecule has 0 bridgehead atoms. The molecule has 1 heterocycles. The molecule has 3 aliphatic rings. The van der Waals surface area contributed by atoms with Crippen molar-refractivity contribution in [2.75, 3.05) is 26.3 Å². The Hall–Kier alpha value is -1.88. The number of carbonyl (C=O) groups is 2. The minimum absolute atomic E-state index is 0.00426. The summed E-state index contributed by atoms with van der Waals surface area (Å²) in [5.41, 5.74) is 2.76. The van der Waals surface area contributed by atoms with E-state index < -0.39 is 6.04 Å². The molecule has 134 valence electrons. The first kappa shape index (κ1) is 16.6. The van der Waals surface area contributed by atoms with Gasteiger partial charge in [-0.25, -0.2) is 0 Å². The maximum absolute atomic E-state index is 12.8. The highest BCUT2D eigenvalue weighted by atomic mass is 16.5.